The van der Waals surface area contributed by atoms with Crippen molar-refractivity contribution < 1.29 is 13.9 Å². The van der Waals surface area contributed by atoms with Crippen molar-refractivity contribution >= 4 is 11.6 Å². The molecule has 0 saturated carbocycles. The number of hydrogen-bond acceptors (Lipinski definition) is 5. The summed E-state index contributed by atoms with van der Waals surface area (Å²) in [5.41, 5.74) is 3.37. The van der Waals surface area contributed by atoms with Gasteiger partial charge >= 0.3 is 0 Å². The van der Waals surface area contributed by atoms with Crippen molar-refractivity contribution in [3.05, 3.63) is 77.9 Å². The summed E-state index contributed by atoms with van der Waals surface area (Å²) in [5.74, 6) is 0.646. The van der Waals surface area contributed by atoms with E-state index in [0.29, 0.717) is 37.4 Å². The molecule has 0 unspecified atom stereocenters. The number of nitriles is 1. The van der Waals surface area contributed by atoms with Crippen molar-refractivity contribution in [2.75, 3.05) is 31.8 Å². The molecule has 0 spiro atoms. The first-order valence-electron chi connectivity index (χ1n) is 10.8. The van der Waals surface area contributed by atoms with Crippen LogP contribution < -0.4 is 9.64 Å². The lowest BCUT2D eigenvalue weighted by Crippen LogP contribution is -2.56. The van der Waals surface area contributed by atoms with Gasteiger partial charge in [0.05, 0.1) is 44.0 Å². The zero-order chi connectivity index (χ0) is 23.2. The lowest BCUT2D eigenvalue weighted by Gasteiger charge is -2.40. The molecule has 1 saturated heterocycles. The minimum atomic E-state index is -0.453. The van der Waals surface area contributed by atoms with Crippen LogP contribution in [0, 0.1) is 11.3 Å². The number of hydrogen-bond donors (Lipinski definition) is 0. The van der Waals surface area contributed by atoms with Crippen molar-refractivity contribution in [3.8, 4) is 11.8 Å². The van der Waals surface area contributed by atoms with Gasteiger partial charge in [-0.3, -0.25) is 14.1 Å². The largest absolute Gasteiger partial charge is 0.497 e. The molecule has 0 aliphatic carbocycles. The molecule has 33 heavy (non-hydrogen) atoms. The quantitative estimate of drug-likeness (QED) is 0.529. The maximum Gasteiger partial charge on any atom is 0.241 e. The summed E-state index contributed by atoms with van der Waals surface area (Å²) in [7, 11) is 1.59. The predicted octanol–water partition coefficient (Wildman–Crippen LogP) is 3.39. The summed E-state index contributed by atoms with van der Waals surface area (Å²) >= 11 is 0. The van der Waals surface area contributed by atoms with Crippen LogP contribution in [0.4, 0.5) is 10.1 Å². The highest BCUT2D eigenvalue weighted by atomic mass is 19.1. The Kier molecular flexibility index (Phi) is 7.01. The maximum atomic E-state index is 13.4. The predicted molar refractivity (Wildman–Crippen MR) is 123 cm³/mol. The van der Waals surface area contributed by atoms with Gasteiger partial charge in [0.15, 0.2) is 0 Å². The van der Waals surface area contributed by atoms with E-state index in [4.69, 9.17) is 10.00 Å². The second-order valence-corrected chi connectivity index (χ2v) is 8.06. The normalized spacial score (nSPS) is 16.6. The first-order chi connectivity index (χ1) is 16.1. The van der Waals surface area contributed by atoms with Gasteiger partial charge in [0, 0.05) is 43.6 Å². The number of benzene rings is 2. The van der Waals surface area contributed by atoms with Crippen LogP contribution >= 0.6 is 0 Å². The molecule has 1 atom stereocenters. The van der Waals surface area contributed by atoms with Crippen LogP contribution in [0.25, 0.3) is 0 Å². The SMILES string of the molecule is COc1cccc(N2C[C@H](CCF)N(Cc3cncn3Cc3ccc(C#N)cc3)CC2=O)c1. The molecule has 0 bridgehead atoms. The Labute approximate surface area is 192 Å². The second-order valence-electron chi connectivity index (χ2n) is 8.06. The van der Waals surface area contributed by atoms with Gasteiger partial charge in [0.2, 0.25) is 5.91 Å². The molecule has 1 aliphatic heterocycles. The number of ether oxygens (including phenoxy) is 1. The molecule has 4 rings (SSSR count). The van der Waals surface area contributed by atoms with Gasteiger partial charge < -0.3 is 14.2 Å². The van der Waals surface area contributed by atoms with Crippen LogP contribution in [0.1, 0.15) is 23.2 Å². The number of piperazine rings is 1. The number of nitrogens with zero attached hydrogens (tertiary/aromatic N) is 5. The molecule has 1 fully saturated rings. The molecule has 0 N–H and O–H groups in total. The number of carbonyl (C=O) groups excluding carboxylic acids is 1. The Morgan fingerprint density at radius 3 is 2.76 bits per heavy atom. The van der Waals surface area contributed by atoms with Crippen molar-refractivity contribution in [2.45, 2.75) is 25.6 Å². The van der Waals surface area contributed by atoms with Crippen molar-refractivity contribution in [1.29, 1.82) is 5.26 Å². The number of carbonyl (C=O) groups is 1. The van der Waals surface area contributed by atoms with Crippen LogP contribution in [-0.4, -0.2) is 53.3 Å². The molecular formula is C25H26FN5O2. The van der Waals surface area contributed by atoms with Crippen molar-refractivity contribution in [3.63, 3.8) is 0 Å². The van der Waals surface area contributed by atoms with Gasteiger partial charge in [-0.05, 0) is 36.2 Å². The van der Waals surface area contributed by atoms with Crippen LogP contribution in [0.15, 0.2) is 61.1 Å². The van der Waals surface area contributed by atoms with E-state index in [1.807, 2.05) is 45.9 Å². The van der Waals surface area contributed by atoms with E-state index in [2.05, 4.69) is 11.1 Å². The molecule has 170 valence electrons. The molecule has 8 heteroatoms. The zero-order valence-corrected chi connectivity index (χ0v) is 18.5. The van der Waals surface area contributed by atoms with E-state index >= 15 is 0 Å². The molecule has 7 nitrogen and oxygen atoms in total. The number of alkyl halides is 1. The van der Waals surface area contributed by atoms with Gasteiger partial charge in [-0.25, -0.2) is 4.98 Å². The first-order valence-corrected chi connectivity index (χ1v) is 10.8. The summed E-state index contributed by atoms with van der Waals surface area (Å²) in [4.78, 5) is 21.1. The number of amides is 1. The molecule has 1 aromatic heterocycles. The lowest BCUT2D eigenvalue weighted by atomic mass is 10.1. The minimum Gasteiger partial charge on any atom is -0.497 e. The monoisotopic (exact) mass is 447 g/mol. The van der Waals surface area contributed by atoms with Gasteiger partial charge in [-0.15, -0.1) is 0 Å². The molecule has 2 aromatic carbocycles. The highest BCUT2D eigenvalue weighted by molar-refractivity contribution is 5.95. The number of halogens is 1. The van der Waals surface area contributed by atoms with E-state index in [-0.39, 0.29) is 18.5 Å². The number of aromatic nitrogens is 2. The highest BCUT2D eigenvalue weighted by Crippen LogP contribution is 2.26. The third kappa shape index (κ3) is 5.21. The van der Waals surface area contributed by atoms with Crippen LogP contribution in [0.5, 0.6) is 5.75 Å². The third-order valence-electron chi connectivity index (χ3n) is 5.96. The van der Waals surface area contributed by atoms with Crippen molar-refractivity contribution in [2.24, 2.45) is 0 Å². The molecule has 2 heterocycles. The highest BCUT2D eigenvalue weighted by Gasteiger charge is 2.33. The van der Waals surface area contributed by atoms with E-state index < -0.39 is 6.67 Å². The average molecular weight is 448 g/mol. The van der Waals surface area contributed by atoms with E-state index in [0.717, 1.165) is 16.9 Å². The second kappa shape index (κ2) is 10.3. The summed E-state index contributed by atoms with van der Waals surface area (Å²) in [6.07, 6.45) is 3.89. The summed E-state index contributed by atoms with van der Waals surface area (Å²) in [5, 5.41) is 8.98. The number of imidazole rings is 1. The standard InChI is InChI=1S/C25H26FN5O2/c1-33-24-4-2-3-21(11-24)31-16-22(9-10-26)29(17-25(31)32)15-23-13-28-18-30(23)14-20-7-5-19(12-27)6-8-20/h2-8,11,13,18,22H,9-10,14-17H2,1H3/t22-/m0/s1. The fourth-order valence-corrected chi connectivity index (χ4v) is 4.14. The van der Waals surface area contributed by atoms with E-state index in [9.17, 15) is 9.18 Å². The topological polar surface area (TPSA) is 74.4 Å². The molecule has 3 aromatic rings. The van der Waals surface area contributed by atoms with Crippen LogP contribution in [0.3, 0.4) is 0 Å². The fourth-order valence-electron chi connectivity index (χ4n) is 4.14. The van der Waals surface area contributed by atoms with Gasteiger partial charge in [-0.1, -0.05) is 18.2 Å². The third-order valence-corrected chi connectivity index (χ3v) is 5.96. The molecule has 0 radical (unpaired) electrons. The Balaban J connectivity index is 1.49. The van der Waals surface area contributed by atoms with E-state index in [1.165, 1.54) is 0 Å². The Hall–Kier alpha value is -3.70. The van der Waals surface area contributed by atoms with Crippen LogP contribution in [0.2, 0.25) is 0 Å². The summed E-state index contributed by atoms with van der Waals surface area (Å²) in [6.45, 7) is 1.26. The number of methoxy groups -OCH3 is 1. The number of anilines is 1. The Morgan fingerprint density at radius 2 is 2.03 bits per heavy atom. The Bertz CT molecular complexity index is 1140. The lowest BCUT2D eigenvalue weighted by molar-refractivity contribution is -0.122. The summed E-state index contributed by atoms with van der Waals surface area (Å²) < 4.78 is 20.7. The van der Waals surface area contributed by atoms with Gasteiger partial charge in [0.25, 0.3) is 0 Å². The maximum absolute atomic E-state index is 13.4. The van der Waals surface area contributed by atoms with Crippen LogP contribution in [-0.2, 0) is 17.9 Å². The zero-order valence-electron chi connectivity index (χ0n) is 18.5. The number of rotatable bonds is 8. The fraction of sp³-hybridized carbons (Fsp3) is 0.320. The Morgan fingerprint density at radius 1 is 1.21 bits per heavy atom. The smallest absolute Gasteiger partial charge is 0.241 e. The van der Waals surface area contributed by atoms with Gasteiger partial charge in [-0.2, -0.15) is 5.26 Å². The molecular weight excluding hydrogens is 421 g/mol. The van der Waals surface area contributed by atoms with Gasteiger partial charge in [0.1, 0.15) is 5.75 Å². The molecule has 1 amide bonds. The van der Waals surface area contributed by atoms with E-state index in [1.54, 1.807) is 36.7 Å². The average Bonchev–Trinajstić information content (AvgIpc) is 3.27. The minimum absolute atomic E-state index is 0.0310. The van der Waals surface area contributed by atoms with Crippen molar-refractivity contribution in [1.82, 2.24) is 14.5 Å². The summed E-state index contributed by atoms with van der Waals surface area (Å²) in [6, 6.07) is 16.8. The molecule has 1 aliphatic rings. The first kappa shape index (κ1) is 22.5.